The van der Waals surface area contributed by atoms with Crippen LogP contribution in [0.1, 0.15) is 0 Å². The second-order valence-corrected chi connectivity index (χ2v) is 3.23. The summed E-state index contributed by atoms with van der Waals surface area (Å²) < 4.78 is 10.8. The van der Waals surface area contributed by atoms with Gasteiger partial charge in [-0.05, 0) is 20.3 Å². The molecule has 1 aromatic carbocycles. The zero-order valence-electron chi connectivity index (χ0n) is 8.28. The van der Waals surface area contributed by atoms with Crippen LogP contribution < -0.4 is 15.7 Å². The Morgan fingerprint density at radius 2 is 1.93 bits per heavy atom. The standard InChI is InChI=1S/C9H13BN2O2/c1-13-10(14-2)8-5-3-4-6-9(8)11-7-12-10/h3-7,11-12H,1-2H3. The number of rotatable bonds is 2. The van der Waals surface area contributed by atoms with Gasteiger partial charge in [0.05, 0.1) is 5.69 Å². The van der Waals surface area contributed by atoms with Gasteiger partial charge in [-0.25, -0.2) is 0 Å². The van der Waals surface area contributed by atoms with Gasteiger partial charge in [0, 0.05) is 0 Å². The summed E-state index contributed by atoms with van der Waals surface area (Å²) in [6.07, 6.45) is 1.73. The first kappa shape index (κ1) is 9.24. The second-order valence-electron chi connectivity index (χ2n) is 3.23. The second kappa shape index (κ2) is 3.44. The van der Waals surface area contributed by atoms with E-state index in [1.807, 2.05) is 24.3 Å². The van der Waals surface area contributed by atoms with Crippen molar-refractivity contribution in [3.05, 3.63) is 24.3 Å². The molecule has 5 heteroatoms. The third-order valence-electron chi connectivity index (χ3n) is 2.56. The van der Waals surface area contributed by atoms with Crippen molar-refractivity contribution >= 4 is 24.2 Å². The van der Waals surface area contributed by atoms with Crippen LogP contribution in [0, 0.1) is 0 Å². The van der Waals surface area contributed by atoms with Gasteiger partial charge in [0.2, 0.25) is 0 Å². The van der Waals surface area contributed by atoms with E-state index in [0.29, 0.717) is 0 Å². The maximum atomic E-state index is 5.41. The van der Waals surface area contributed by atoms with Gasteiger partial charge in [-0.3, -0.25) is 5.32 Å². The minimum absolute atomic E-state index is 1.00. The lowest BCUT2D eigenvalue weighted by Crippen LogP contribution is -2.97. The molecule has 2 rings (SSSR count). The molecule has 14 heavy (non-hydrogen) atoms. The van der Waals surface area contributed by atoms with Gasteiger partial charge in [-0.15, -0.1) is 0 Å². The Hall–Kier alpha value is -1.33. The molecular weight excluding hydrogens is 179 g/mol. The number of nitrogens with one attached hydrogen (secondary N) is 2. The fourth-order valence-corrected chi connectivity index (χ4v) is 1.76. The van der Waals surface area contributed by atoms with E-state index in [-0.39, 0.29) is 0 Å². The fourth-order valence-electron chi connectivity index (χ4n) is 1.76. The first-order valence-corrected chi connectivity index (χ1v) is 4.52. The summed E-state index contributed by atoms with van der Waals surface area (Å²) in [6, 6.07) is 7.90. The summed E-state index contributed by atoms with van der Waals surface area (Å²) >= 11 is 0. The van der Waals surface area contributed by atoms with Crippen LogP contribution in [-0.4, -0.2) is 27.2 Å². The van der Waals surface area contributed by atoms with E-state index in [2.05, 4.69) is 10.2 Å². The van der Waals surface area contributed by atoms with E-state index >= 15 is 0 Å². The molecule has 1 aliphatic rings. The Labute approximate surface area is 82.9 Å². The Balaban J connectivity index is 2.54. The average Bonchev–Trinajstić information content (AvgIpc) is 2.28. The Morgan fingerprint density at radius 1 is 1.21 bits per heavy atom. The average molecular weight is 192 g/mol. The molecule has 0 spiro atoms. The predicted molar refractivity (Wildman–Crippen MR) is 56.5 cm³/mol. The highest BCUT2D eigenvalue weighted by atomic mass is 16.6. The summed E-state index contributed by atoms with van der Waals surface area (Å²) in [5, 5.41) is 3.11. The first-order chi connectivity index (χ1) is 6.82. The largest absolute Gasteiger partial charge is 0.527 e. The number of para-hydroxylation sites is 1. The molecule has 0 bridgehead atoms. The molecule has 0 unspecified atom stereocenters. The zero-order chi connectivity index (χ0) is 10.0. The minimum Gasteiger partial charge on any atom is -0.527 e. The predicted octanol–water partition coefficient (Wildman–Crippen LogP) is -1.34. The topological polar surface area (TPSA) is 44.5 Å². The first-order valence-electron chi connectivity index (χ1n) is 4.52. The zero-order valence-corrected chi connectivity index (χ0v) is 8.28. The van der Waals surface area contributed by atoms with Crippen LogP contribution in [0.4, 0.5) is 5.69 Å². The van der Waals surface area contributed by atoms with Crippen molar-refractivity contribution in [3.8, 4) is 0 Å². The van der Waals surface area contributed by atoms with Crippen LogP contribution >= 0.6 is 0 Å². The molecule has 0 radical (unpaired) electrons. The van der Waals surface area contributed by atoms with Crippen LogP contribution in [0.25, 0.3) is 0 Å². The monoisotopic (exact) mass is 192 g/mol. The summed E-state index contributed by atoms with van der Waals surface area (Å²) in [6.45, 7) is -1.57. The van der Waals surface area contributed by atoms with Crippen LogP contribution in [-0.2, 0) is 9.31 Å². The van der Waals surface area contributed by atoms with Gasteiger partial charge in [0.1, 0.15) is 0 Å². The van der Waals surface area contributed by atoms with E-state index in [9.17, 15) is 0 Å². The number of benzene rings is 1. The molecule has 2 N–H and O–H groups in total. The van der Waals surface area contributed by atoms with Crippen LogP contribution in [0.5, 0.6) is 0 Å². The number of anilines is 1. The normalized spacial score (nSPS) is 17.3. The van der Waals surface area contributed by atoms with Gasteiger partial charge in [0.25, 0.3) is 0 Å². The smallest absolute Gasteiger partial charge is 0.478 e. The number of fused-ring (bicyclic) bond motifs is 1. The molecule has 0 aliphatic carbocycles. The molecule has 0 saturated heterocycles. The molecule has 0 amide bonds. The van der Waals surface area contributed by atoms with Gasteiger partial charge >= 0.3 is 6.69 Å². The lowest BCUT2D eigenvalue weighted by Gasteiger charge is -2.34. The highest BCUT2D eigenvalue weighted by molar-refractivity contribution is 6.75. The van der Waals surface area contributed by atoms with E-state index in [4.69, 9.17) is 9.31 Å². The van der Waals surface area contributed by atoms with E-state index in [1.165, 1.54) is 0 Å². The number of hydrogen-bond acceptors (Lipinski definition) is 3. The van der Waals surface area contributed by atoms with Crippen LogP contribution in [0.15, 0.2) is 24.3 Å². The quantitative estimate of drug-likeness (QED) is 0.570. The van der Waals surface area contributed by atoms with Gasteiger partial charge < -0.3 is 14.2 Å². The molecule has 74 valence electrons. The molecule has 1 aromatic rings. The Kier molecular flexibility index (Phi) is 2.27. The van der Waals surface area contributed by atoms with Crippen LogP contribution in [0.3, 0.4) is 0 Å². The lowest BCUT2D eigenvalue weighted by molar-refractivity contribution is -0.347. The van der Waals surface area contributed by atoms with Gasteiger partial charge in [-0.2, -0.15) is 0 Å². The van der Waals surface area contributed by atoms with Gasteiger partial charge in [0.15, 0.2) is 6.34 Å². The van der Waals surface area contributed by atoms with Crippen molar-refractivity contribution in [1.29, 1.82) is 0 Å². The van der Waals surface area contributed by atoms with Crippen molar-refractivity contribution in [2.45, 2.75) is 0 Å². The van der Waals surface area contributed by atoms with E-state index < -0.39 is 6.69 Å². The summed E-state index contributed by atoms with van der Waals surface area (Å²) in [5.74, 6) is 0. The maximum absolute atomic E-state index is 5.41. The molecule has 0 atom stereocenters. The summed E-state index contributed by atoms with van der Waals surface area (Å²) in [7, 11) is 3.26. The molecule has 0 fully saturated rings. The maximum Gasteiger partial charge on any atom is 0.478 e. The molecule has 0 aromatic heterocycles. The Bertz CT molecular complexity index is 364. The van der Waals surface area contributed by atoms with Crippen molar-refractivity contribution in [1.82, 2.24) is 0 Å². The third kappa shape index (κ3) is 1.22. The van der Waals surface area contributed by atoms with E-state index in [0.717, 1.165) is 11.2 Å². The molecular formula is C9H13BN2O2. The minimum atomic E-state index is -1.57. The molecule has 0 saturated carbocycles. The van der Waals surface area contributed by atoms with E-state index in [1.54, 1.807) is 20.6 Å². The number of hydrogen-bond donors (Lipinski definition) is 2. The SMILES string of the molecule is CO[B-]1(OC)[NH+]=CNc2ccccc21. The molecule has 1 aliphatic heterocycles. The van der Waals surface area contributed by atoms with Crippen molar-refractivity contribution < 1.29 is 14.2 Å². The van der Waals surface area contributed by atoms with Crippen molar-refractivity contribution in [3.63, 3.8) is 0 Å². The van der Waals surface area contributed by atoms with Gasteiger partial charge in [-0.1, -0.05) is 23.7 Å². The third-order valence-corrected chi connectivity index (χ3v) is 2.56. The fraction of sp³-hybridized carbons (Fsp3) is 0.222. The lowest BCUT2D eigenvalue weighted by atomic mass is 9.63. The highest BCUT2D eigenvalue weighted by Gasteiger charge is 2.36. The highest BCUT2D eigenvalue weighted by Crippen LogP contribution is 2.08. The van der Waals surface area contributed by atoms with Crippen molar-refractivity contribution in [2.24, 2.45) is 0 Å². The van der Waals surface area contributed by atoms with Crippen molar-refractivity contribution in [2.75, 3.05) is 19.5 Å². The summed E-state index contributed by atoms with van der Waals surface area (Å²) in [4.78, 5) is 3.07. The molecule has 1 heterocycles. The van der Waals surface area contributed by atoms with Crippen LogP contribution in [0.2, 0.25) is 0 Å². The summed E-state index contributed by atoms with van der Waals surface area (Å²) in [5.41, 5.74) is 2.01. The molecule has 4 nitrogen and oxygen atoms in total. The Morgan fingerprint density at radius 3 is 2.64 bits per heavy atom.